The molecule has 5 heteroatoms. The van der Waals surface area contributed by atoms with Crippen molar-refractivity contribution in [2.24, 2.45) is 0 Å². The molecule has 0 unspecified atom stereocenters. The van der Waals surface area contributed by atoms with Gasteiger partial charge in [-0.25, -0.2) is 9.78 Å². The first-order valence-corrected chi connectivity index (χ1v) is 4.25. The molecular weight excluding hydrogens is 186 g/mol. The molecule has 0 radical (unpaired) electrons. The SMILES string of the molecule is CCOC(=O)Cc1cc(=O)oc(C)n1. The maximum Gasteiger partial charge on any atom is 0.339 e. The fourth-order valence-electron chi connectivity index (χ4n) is 1.02. The van der Waals surface area contributed by atoms with Gasteiger partial charge >= 0.3 is 11.6 Å². The van der Waals surface area contributed by atoms with Crippen molar-refractivity contribution in [3.63, 3.8) is 0 Å². The fraction of sp³-hybridized carbons (Fsp3) is 0.444. The van der Waals surface area contributed by atoms with E-state index >= 15 is 0 Å². The van der Waals surface area contributed by atoms with E-state index in [0.717, 1.165) is 0 Å². The van der Waals surface area contributed by atoms with E-state index < -0.39 is 11.6 Å². The van der Waals surface area contributed by atoms with Crippen molar-refractivity contribution in [1.82, 2.24) is 4.98 Å². The standard InChI is InChI=1S/C9H11NO4/c1-3-13-8(11)4-7-5-9(12)14-6(2)10-7/h5H,3-4H2,1-2H3. The average Bonchev–Trinajstić information content (AvgIpc) is 2.01. The smallest absolute Gasteiger partial charge is 0.339 e. The predicted octanol–water partition coefficient (Wildman–Crippen LogP) is 0.449. The molecule has 0 atom stereocenters. The van der Waals surface area contributed by atoms with E-state index in [1.54, 1.807) is 13.8 Å². The highest BCUT2D eigenvalue weighted by Crippen LogP contribution is 1.96. The minimum absolute atomic E-state index is 0.000278. The molecule has 1 heterocycles. The van der Waals surface area contributed by atoms with Gasteiger partial charge in [-0.2, -0.15) is 0 Å². The molecule has 0 fully saturated rings. The van der Waals surface area contributed by atoms with Crippen LogP contribution in [-0.4, -0.2) is 17.6 Å². The summed E-state index contributed by atoms with van der Waals surface area (Å²) in [5.74, 6) is -0.151. The number of carbonyl (C=O) groups is 1. The second-order valence-corrected chi connectivity index (χ2v) is 2.67. The highest BCUT2D eigenvalue weighted by Gasteiger charge is 2.07. The molecule has 1 aromatic rings. The van der Waals surface area contributed by atoms with E-state index in [0.29, 0.717) is 12.3 Å². The van der Waals surface area contributed by atoms with Crippen LogP contribution >= 0.6 is 0 Å². The average molecular weight is 197 g/mol. The first-order valence-electron chi connectivity index (χ1n) is 4.25. The lowest BCUT2D eigenvalue weighted by atomic mass is 10.3. The number of hydrogen-bond donors (Lipinski definition) is 0. The lowest BCUT2D eigenvalue weighted by molar-refractivity contribution is -0.142. The van der Waals surface area contributed by atoms with Gasteiger partial charge in [0.25, 0.3) is 0 Å². The normalized spacial score (nSPS) is 9.86. The van der Waals surface area contributed by atoms with Crippen molar-refractivity contribution < 1.29 is 13.9 Å². The monoisotopic (exact) mass is 197 g/mol. The zero-order valence-electron chi connectivity index (χ0n) is 8.07. The molecule has 76 valence electrons. The summed E-state index contributed by atoms with van der Waals surface area (Å²) >= 11 is 0. The fourth-order valence-corrected chi connectivity index (χ4v) is 1.02. The first-order chi connectivity index (χ1) is 6.61. The van der Waals surface area contributed by atoms with Gasteiger partial charge in [0.2, 0.25) is 0 Å². The van der Waals surface area contributed by atoms with Crippen LogP contribution < -0.4 is 5.63 Å². The topological polar surface area (TPSA) is 69.4 Å². The molecule has 0 N–H and O–H groups in total. The maximum absolute atomic E-state index is 11.0. The van der Waals surface area contributed by atoms with E-state index in [2.05, 4.69) is 9.40 Å². The van der Waals surface area contributed by atoms with Crippen LogP contribution in [0.3, 0.4) is 0 Å². The van der Waals surface area contributed by atoms with Crippen LogP contribution in [0.15, 0.2) is 15.3 Å². The molecule has 0 spiro atoms. The van der Waals surface area contributed by atoms with Crippen molar-refractivity contribution in [3.8, 4) is 0 Å². The maximum atomic E-state index is 11.0. The summed E-state index contributed by atoms with van der Waals surface area (Å²) in [4.78, 5) is 25.8. The van der Waals surface area contributed by atoms with E-state index in [1.165, 1.54) is 6.07 Å². The molecule has 0 saturated heterocycles. The third-order valence-electron chi connectivity index (χ3n) is 1.46. The molecule has 0 aromatic carbocycles. The summed E-state index contributed by atoms with van der Waals surface area (Å²) in [5, 5.41) is 0. The number of carbonyl (C=O) groups excluding carboxylic acids is 1. The molecule has 1 rings (SSSR count). The zero-order chi connectivity index (χ0) is 10.6. The second-order valence-electron chi connectivity index (χ2n) is 2.67. The molecule has 1 aromatic heterocycles. The van der Waals surface area contributed by atoms with Crippen LogP contribution in [-0.2, 0) is 16.0 Å². The third-order valence-corrected chi connectivity index (χ3v) is 1.46. The predicted molar refractivity (Wildman–Crippen MR) is 47.8 cm³/mol. The number of aromatic nitrogens is 1. The lowest BCUT2D eigenvalue weighted by Crippen LogP contribution is -2.12. The van der Waals surface area contributed by atoms with Gasteiger partial charge < -0.3 is 9.15 Å². The second kappa shape index (κ2) is 4.55. The van der Waals surface area contributed by atoms with Crippen molar-refractivity contribution in [1.29, 1.82) is 0 Å². The van der Waals surface area contributed by atoms with Gasteiger partial charge in [0.1, 0.15) is 0 Å². The van der Waals surface area contributed by atoms with Crippen LogP contribution in [0.25, 0.3) is 0 Å². The van der Waals surface area contributed by atoms with Crippen LogP contribution in [0.1, 0.15) is 18.5 Å². The van der Waals surface area contributed by atoms with Gasteiger partial charge in [0.05, 0.1) is 18.7 Å². The molecule has 0 aliphatic carbocycles. The zero-order valence-corrected chi connectivity index (χ0v) is 8.07. The Morgan fingerprint density at radius 1 is 1.64 bits per heavy atom. The Labute approximate surface area is 80.7 Å². The number of ether oxygens (including phenoxy) is 1. The minimum atomic E-state index is -0.503. The molecular formula is C9H11NO4. The lowest BCUT2D eigenvalue weighted by Gasteiger charge is -2.00. The summed E-state index contributed by atoms with van der Waals surface area (Å²) in [6, 6.07) is 1.18. The van der Waals surface area contributed by atoms with Gasteiger partial charge in [-0.3, -0.25) is 4.79 Å². The summed E-state index contributed by atoms with van der Waals surface area (Å²) < 4.78 is 9.35. The van der Waals surface area contributed by atoms with Crippen molar-refractivity contribution in [2.45, 2.75) is 20.3 Å². The Morgan fingerprint density at radius 3 is 2.93 bits per heavy atom. The Morgan fingerprint density at radius 2 is 2.36 bits per heavy atom. The van der Waals surface area contributed by atoms with Crippen molar-refractivity contribution >= 4 is 5.97 Å². The number of nitrogens with zero attached hydrogens (tertiary/aromatic N) is 1. The number of aryl methyl sites for hydroxylation is 1. The van der Waals surface area contributed by atoms with Gasteiger partial charge in [0, 0.05) is 13.0 Å². The van der Waals surface area contributed by atoms with Crippen LogP contribution in [0.2, 0.25) is 0 Å². The Hall–Kier alpha value is -1.65. The van der Waals surface area contributed by atoms with E-state index in [4.69, 9.17) is 4.74 Å². The molecule has 0 amide bonds. The molecule has 14 heavy (non-hydrogen) atoms. The minimum Gasteiger partial charge on any atom is -0.466 e. The Kier molecular flexibility index (Phi) is 3.39. The number of rotatable bonds is 3. The Balaban J connectivity index is 2.76. The van der Waals surface area contributed by atoms with Gasteiger partial charge in [-0.05, 0) is 6.92 Å². The highest BCUT2D eigenvalue weighted by molar-refractivity contribution is 5.71. The summed E-state index contributed by atoms with van der Waals surface area (Å²) in [7, 11) is 0. The first kappa shape index (κ1) is 10.4. The van der Waals surface area contributed by atoms with Gasteiger partial charge in [-0.15, -0.1) is 0 Å². The van der Waals surface area contributed by atoms with Crippen molar-refractivity contribution in [2.75, 3.05) is 6.61 Å². The van der Waals surface area contributed by atoms with Crippen molar-refractivity contribution in [3.05, 3.63) is 28.1 Å². The molecule has 0 aliphatic heterocycles. The van der Waals surface area contributed by atoms with Crippen LogP contribution in [0.5, 0.6) is 0 Å². The number of esters is 1. The van der Waals surface area contributed by atoms with E-state index in [1.807, 2.05) is 0 Å². The molecule has 0 bridgehead atoms. The van der Waals surface area contributed by atoms with Gasteiger partial charge in [0.15, 0.2) is 5.89 Å². The van der Waals surface area contributed by atoms with E-state index in [9.17, 15) is 9.59 Å². The molecule has 0 saturated carbocycles. The highest BCUT2D eigenvalue weighted by atomic mass is 16.5. The van der Waals surface area contributed by atoms with Crippen LogP contribution in [0, 0.1) is 6.92 Å². The van der Waals surface area contributed by atoms with Crippen LogP contribution in [0.4, 0.5) is 0 Å². The quantitative estimate of drug-likeness (QED) is 0.658. The third kappa shape index (κ3) is 3.01. The largest absolute Gasteiger partial charge is 0.466 e. The van der Waals surface area contributed by atoms with E-state index in [-0.39, 0.29) is 12.3 Å². The Bertz CT molecular complexity index is 383. The summed E-state index contributed by atoms with van der Waals surface area (Å²) in [6.45, 7) is 3.59. The summed E-state index contributed by atoms with van der Waals surface area (Å²) in [6.07, 6.45) is 0.000278. The number of hydrogen-bond acceptors (Lipinski definition) is 5. The summed E-state index contributed by atoms with van der Waals surface area (Å²) in [5.41, 5.74) is -0.131. The van der Waals surface area contributed by atoms with Gasteiger partial charge in [-0.1, -0.05) is 0 Å². The molecule has 0 aliphatic rings. The molecule has 5 nitrogen and oxygen atoms in total.